The van der Waals surface area contributed by atoms with Crippen LogP contribution >= 0.6 is 0 Å². The maximum Gasteiger partial charge on any atom is 0.390 e. The number of amides is 1. The van der Waals surface area contributed by atoms with Crippen LogP contribution in [-0.4, -0.2) is 36.7 Å². The van der Waals surface area contributed by atoms with Crippen LogP contribution in [-0.2, 0) is 6.54 Å². The number of fused-ring (bicyclic) bond motifs is 1. The van der Waals surface area contributed by atoms with E-state index in [1.807, 2.05) is 0 Å². The number of rotatable bonds is 4. The average molecular weight is 396 g/mol. The molecule has 2 aromatic carbocycles. The van der Waals surface area contributed by atoms with Gasteiger partial charge in [-0.15, -0.1) is 0 Å². The molecule has 0 radical (unpaired) electrons. The van der Waals surface area contributed by atoms with E-state index in [9.17, 15) is 22.4 Å². The van der Waals surface area contributed by atoms with Gasteiger partial charge in [-0.05, 0) is 42.8 Å². The third-order valence-corrected chi connectivity index (χ3v) is 4.52. The number of nitrogens with one attached hydrogen (secondary N) is 1. The Bertz CT molecular complexity index is 868. The van der Waals surface area contributed by atoms with Crippen LogP contribution in [0.1, 0.15) is 27.9 Å². The molecule has 1 amide bonds. The van der Waals surface area contributed by atoms with E-state index in [2.05, 4.69) is 5.32 Å². The summed E-state index contributed by atoms with van der Waals surface area (Å²) in [4.78, 5) is 14.1. The summed E-state index contributed by atoms with van der Waals surface area (Å²) in [6, 6.07) is 9.15. The molecule has 28 heavy (non-hydrogen) atoms. The topological polar surface area (TPSA) is 41.6 Å². The molecule has 0 saturated carbocycles. The maximum atomic E-state index is 13.3. The first-order valence-corrected chi connectivity index (χ1v) is 8.83. The number of hydrogen-bond donors (Lipinski definition) is 1. The summed E-state index contributed by atoms with van der Waals surface area (Å²) >= 11 is 0. The van der Waals surface area contributed by atoms with Crippen molar-refractivity contribution in [2.24, 2.45) is 0 Å². The average Bonchev–Trinajstić information content (AvgIpc) is 2.83. The Kier molecular flexibility index (Phi) is 5.88. The minimum Gasteiger partial charge on any atom is -0.492 e. The lowest BCUT2D eigenvalue weighted by Gasteiger charge is -2.20. The number of aryl methyl sites for hydroxylation is 1. The van der Waals surface area contributed by atoms with Crippen molar-refractivity contribution in [2.75, 3.05) is 25.0 Å². The smallest absolute Gasteiger partial charge is 0.390 e. The van der Waals surface area contributed by atoms with Gasteiger partial charge >= 0.3 is 6.18 Å². The Morgan fingerprint density at radius 2 is 2.00 bits per heavy atom. The Labute approximate surface area is 160 Å². The van der Waals surface area contributed by atoms with Crippen molar-refractivity contribution in [3.05, 3.63) is 58.9 Å². The number of alkyl halides is 3. The molecule has 1 N–H and O–H groups in total. The second-order valence-electron chi connectivity index (χ2n) is 6.73. The number of halogens is 4. The zero-order chi connectivity index (χ0) is 20.3. The van der Waals surface area contributed by atoms with Gasteiger partial charge in [0.05, 0.1) is 6.42 Å². The van der Waals surface area contributed by atoms with Crippen molar-refractivity contribution < 1.29 is 27.1 Å². The Morgan fingerprint density at radius 3 is 2.71 bits per heavy atom. The van der Waals surface area contributed by atoms with Crippen LogP contribution in [0.15, 0.2) is 36.4 Å². The summed E-state index contributed by atoms with van der Waals surface area (Å²) < 4.78 is 56.3. The largest absolute Gasteiger partial charge is 0.492 e. The van der Waals surface area contributed by atoms with Crippen molar-refractivity contribution in [3.8, 4) is 5.75 Å². The second kappa shape index (κ2) is 8.18. The fourth-order valence-electron chi connectivity index (χ4n) is 2.97. The highest BCUT2D eigenvalue weighted by atomic mass is 19.4. The molecule has 0 spiro atoms. The lowest BCUT2D eigenvalue weighted by molar-refractivity contribution is -0.138. The van der Waals surface area contributed by atoms with E-state index in [-0.39, 0.29) is 24.9 Å². The van der Waals surface area contributed by atoms with E-state index >= 15 is 0 Å². The molecule has 1 heterocycles. The third kappa shape index (κ3) is 5.22. The minimum atomic E-state index is -4.20. The van der Waals surface area contributed by atoms with Crippen molar-refractivity contribution in [2.45, 2.75) is 26.1 Å². The predicted octanol–water partition coefficient (Wildman–Crippen LogP) is 4.53. The molecule has 4 nitrogen and oxygen atoms in total. The van der Waals surface area contributed by atoms with Crippen LogP contribution < -0.4 is 10.1 Å². The highest BCUT2D eigenvalue weighted by molar-refractivity contribution is 6.04. The second-order valence-corrected chi connectivity index (χ2v) is 6.73. The van der Waals surface area contributed by atoms with Crippen LogP contribution in [0, 0.1) is 12.7 Å². The van der Waals surface area contributed by atoms with Gasteiger partial charge in [0.25, 0.3) is 5.91 Å². The quantitative estimate of drug-likeness (QED) is 0.772. The molecule has 150 valence electrons. The Hall–Kier alpha value is -2.61. The molecular formula is C20H20F4N2O2. The number of anilines is 1. The van der Waals surface area contributed by atoms with Gasteiger partial charge in [-0.25, -0.2) is 4.39 Å². The van der Waals surface area contributed by atoms with E-state index in [0.29, 0.717) is 35.7 Å². The van der Waals surface area contributed by atoms with Gasteiger partial charge < -0.3 is 10.1 Å². The van der Waals surface area contributed by atoms with Gasteiger partial charge in [-0.2, -0.15) is 13.2 Å². The van der Waals surface area contributed by atoms with Gasteiger partial charge in [0.2, 0.25) is 0 Å². The van der Waals surface area contributed by atoms with E-state index in [4.69, 9.17) is 4.74 Å². The predicted molar refractivity (Wildman–Crippen MR) is 97.0 cm³/mol. The van der Waals surface area contributed by atoms with Gasteiger partial charge in [-0.3, -0.25) is 9.69 Å². The molecule has 1 aliphatic heterocycles. The summed E-state index contributed by atoms with van der Waals surface area (Å²) in [5.74, 6) is -0.250. The monoisotopic (exact) mass is 396 g/mol. The van der Waals surface area contributed by atoms with Crippen LogP contribution in [0.3, 0.4) is 0 Å². The zero-order valence-corrected chi connectivity index (χ0v) is 15.3. The molecule has 1 aliphatic rings. The molecule has 0 aromatic heterocycles. The Morgan fingerprint density at radius 1 is 1.21 bits per heavy atom. The molecule has 8 heteroatoms. The number of carbonyl (C=O) groups excluding carboxylic acids is 1. The molecule has 0 bridgehead atoms. The van der Waals surface area contributed by atoms with Crippen LogP contribution in [0.4, 0.5) is 23.2 Å². The Balaban J connectivity index is 1.69. The van der Waals surface area contributed by atoms with E-state index in [0.717, 1.165) is 5.56 Å². The third-order valence-electron chi connectivity index (χ3n) is 4.52. The number of hydrogen-bond acceptors (Lipinski definition) is 3. The van der Waals surface area contributed by atoms with Gasteiger partial charge in [0, 0.05) is 36.4 Å². The highest BCUT2D eigenvalue weighted by Gasteiger charge is 2.28. The molecule has 2 aromatic rings. The lowest BCUT2D eigenvalue weighted by atomic mass is 10.1. The molecular weight excluding hydrogens is 376 g/mol. The molecule has 0 aliphatic carbocycles. The molecule has 3 rings (SSSR count). The van der Waals surface area contributed by atoms with E-state index in [1.165, 1.54) is 18.2 Å². The molecule has 0 atom stereocenters. The summed E-state index contributed by atoms with van der Waals surface area (Å²) in [6.45, 7) is 2.45. The number of nitrogens with zero attached hydrogens (tertiary/aromatic N) is 1. The number of benzene rings is 2. The molecule has 0 saturated heterocycles. The summed E-state index contributed by atoms with van der Waals surface area (Å²) in [5.41, 5.74) is 1.97. The van der Waals surface area contributed by atoms with Crippen molar-refractivity contribution in [1.82, 2.24) is 4.90 Å². The first-order chi connectivity index (χ1) is 13.2. The minimum absolute atomic E-state index is 0.0988. The standard InChI is InChI=1S/C20H20F4N2O2/c1-13-10-16(4-5-17(13)21)25-19(27)14-2-3-15-12-26(7-6-20(22,23)24)8-9-28-18(15)11-14/h2-5,10-11H,6-9,12H2,1H3,(H,25,27). The summed E-state index contributed by atoms with van der Waals surface area (Å²) in [5, 5.41) is 2.70. The zero-order valence-electron chi connectivity index (χ0n) is 15.3. The first-order valence-electron chi connectivity index (χ1n) is 8.83. The van der Waals surface area contributed by atoms with Crippen molar-refractivity contribution in [3.63, 3.8) is 0 Å². The van der Waals surface area contributed by atoms with Gasteiger partial charge in [-0.1, -0.05) is 6.07 Å². The van der Waals surface area contributed by atoms with Crippen LogP contribution in [0.5, 0.6) is 5.75 Å². The van der Waals surface area contributed by atoms with Gasteiger partial charge in [0.1, 0.15) is 18.2 Å². The summed E-state index contributed by atoms with van der Waals surface area (Å²) in [7, 11) is 0. The van der Waals surface area contributed by atoms with E-state index in [1.54, 1.807) is 30.0 Å². The van der Waals surface area contributed by atoms with Crippen LogP contribution in [0.25, 0.3) is 0 Å². The highest BCUT2D eigenvalue weighted by Crippen LogP contribution is 2.27. The number of carbonyl (C=O) groups is 1. The number of ether oxygens (including phenoxy) is 1. The molecule has 0 fully saturated rings. The normalized spacial score (nSPS) is 14.8. The lowest BCUT2D eigenvalue weighted by Crippen LogP contribution is -2.29. The first kappa shape index (κ1) is 20.1. The van der Waals surface area contributed by atoms with Crippen molar-refractivity contribution >= 4 is 11.6 Å². The van der Waals surface area contributed by atoms with Crippen LogP contribution in [0.2, 0.25) is 0 Å². The fourth-order valence-corrected chi connectivity index (χ4v) is 2.97. The van der Waals surface area contributed by atoms with E-state index < -0.39 is 12.6 Å². The van der Waals surface area contributed by atoms with Gasteiger partial charge in [0.15, 0.2) is 0 Å². The fraction of sp³-hybridized carbons (Fsp3) is 0.350. The maximum absolute atomic E-state index is 13.3. The molecule has 0 unspecified atom stereocenters. The van der Waals surface area contributed by atoms with Crippen molar-refractivity contribution in [1.29, 1.82) is 0 Å². The SMILES string of the molecule is Cc1cc(NC(=O)c2ccc3c(c2)OCCN(CCC(F)(F)F)C3)ccc1F. The summed E-state index contributed by atoms with van der Waals surface area (Å²) in [6.07, 6.45) is -5.07.